The minimum atomic E-state index is 0. The molecule has 0 spiro atoms. The molecule has 0 heterocycles. The molecule has 4 heteroatoms. The van der Waals surface area contributed by atoms with Crippen LogP contribution in [0.3, 0.4) is 0 Å². The summed E-state index contributed by atoms with van der Waals surface area (Å²) in [4.78, 5) is 9.42. The van der Waals surface area contributed by atoms with Gasteiger partial charge in [0.25, 0.3) is 1.80 Å². The van der Waals surface area contributed by atoms with Crippen LogP contribution >= 0.6 is 45.2 Å². The van der Waals surface area contributed by atoms with Crippen LogP contribution in [0.2, 0.25) is 0 Å². The van der Waals surface area contributed by atoms with Crippen LogP contribution in [0.4, 0.5) is 4.79 Å². The molecule has 0 aromatic rings. The number of hydrogen-bond acceptors (Lipinski definition) is 1. The van der Waals surface area contributed by atoms with Crippen LogP contribution in [-0.2, 0) is 16.8 Å². The molecule has 0 atom stereocenters. The summed E-state index contributed by atoms with van der Waals surface area (Å²) in [5.41, 5.74) is 0. The fourth-order valence-electron chi connectivity index (χ4n) is 0. The molecule has 1 nitrogen and oxygen atoms in total. The summed E-state index contributed by atoms with van der Waals surface area (Å²) in [6.07, 6.45) is 0. The van der Waals surface area contributed by atoms with Crippen LogP contribution < -0.4 is 0 Å². The van der Waals surface area contributed by atoms with Crippen molar-refractivity contribution in [2.75, 3.05) is 0 Å². The van der Waals surface area contributed by atoms with Gasteiger partial charge in [0.1, 0.15) is 0 Å². The topological polar surface area (TPSA) is 17.1 Å². The maximum absolute atomic E-state index is 9.42. The zero-order valence-corrected chi connectivity index (χ0v) is 7.35. The van der Waals surface area contributed by atoms with E-state index in [2.05, 4.69) is 0 Å². The van der Waals surface area contributed by atoms with Gasteiger partial charge in [-0.3, -0.25) is 4.79 Å². The van der Waals surface area contributed by atoms with Crippen LogP contribution in [0.25, 0.3) is 0 Å². The Labute approximate surface area is 67.7 Å². The Balaban J connectivity index is 0. The molecule has 0 bridgehead atoms. The molecular weight excluding hydrogens is 341 g/mol. The summed E-state index contributed by atoms with van der Waals surface area (Å²) in [5.74, 6) is 0. The zero-order valence-electron chi connectivity index (χ0n) is 2.00. The van der Waals surface area contributed by atoms with Crippen LogP contribution in [0.1, 0.15) is 0 Å². The number of carbonyl (C=O) groups excluding carboxylic acids is 1. The van der Waals surface area contributed by atoms with Crippen LogP contribution in [0.5, 0.6) is 0 Å². The van der Waals surface area contributed by atoms with Gasteiger partial charge in [-0.1, -0.05) is 0 Å². The van der Waals surface area contributed by atoms with Crippen molar-refractivity contribution in [3.8, 4) is 0 Å². The van der Waals surface area contributed by atoms with Gasteiger partial charge in [-0.05, 0) is 0 Å². The molecule has 0 saturated heterocycles. The number of carbonyl (C=O) groups is 1. The summed E-state index contributed by atoms with van der Waals surface area (Å²) in [6, 6.07) is 0. The summed E-state index contributed by atoms with van der Waals surface area (Å²) in [6.45, 7) is 0. The fraction of sp³-hybridized carbons (Fsp3) is 0. The van der Waals surface area contributed by atoms with Crippen molar-refractivity contribution in [3.63, 3.8) is 0 Å². The van der Waals surface area contributed by atoms with Crippen molar-refractivity contribution in [1.82, 2.24) is 0 Å². The van der Waals surface area contributed by atoms with E-state index in [4.69, 9.17) is 0 Å². The van der Waals surface area contributed by atoms with Crippen molar-refractivity contribution in [1.29, 1.82) is 0 Å². The first-order chi connectivity index (χ1) is 1.73. The van der Waals surface area contributed by atoms with Crippen molar-refractivity contribution in [2.24, 2.45) is 0 Å². The summed E-state index contributed by atoms with van der Waals surface area (Å²) < 4.78 is 0.107. The molecule has 0 N–H and O–H groups in total. The van der Waals surface area contributed by atoms with Gasteiger partial charge in [0.15, 0.2) is 0 Å². The fourth-order valence-corrected chi connectivity index (χ4v) is 0. The first kappa shape index (κ1) is 9.81. The summed E-state index contributed by atoms with van der Waals surface area (Å²) >= 11 is 3.38. The van der Waals surface area contributed by atoms with Gasteiger partial charge in [0, 0.05) is 62.0 Å². The largest absolute Gasteiger partial charge is 0.276 e. The third kappa shape index (κ3) is 27.8. The standard InChI is InChI=1S/CI2O.Co/c2-1(3)4;. The maximum atomic E-state index is 9.42. The zero-order chi connectivity index (χ0) is 3.58. The van der Waals surface area contributed by atoms with E-state index in [9.17, 15) is 4.79 Å². The predicted molar refractivity (Wildman–Crippen MR) is 33.4 cm³/mol. The Morgan fingerprint density at radius 1 is 1.40 bits per heavy atom. The van der Waals surface area contributed by atoms with Crippen molar-refractivity contribution in [3.05, 3.63) is 0 Å². The molecule has 0 aliphatic heterocycles. The van der Waals surface area contributed by atoms with Gasteiger partial charge in [-0.15, -0.1) is 0 Å². The molecule has 0 amide bonds. The third-order valence-electron chi connectivity index (χ3n) is 0. The minimum Gasteiger partial charge on any atom is -0.276 e. The third-order valence-corrected chi connectivity index (χ3v) is 0. The van der Waals surface area contributed by atoms with Gasteiger partial charge >= 0.3 is 0 Å². The molecule has 0 aromatic heterocycles. The van der Waals surface area contributed by atoms with E-state index in [1.807, 2.05) is 0 Å². The molecule has 33 valence electrons. The normalized spacial score (nSPS) is 5.20. The summed E-state index contributed by atoms with van der Waals surface area (Å²) in [7, 11) is 0. The monoisotopic (exact) mass is 341 g/mol. The predicted octanol–water partition coefficient (Wildman–Crippen LogP) is 1.97. The van der Waals surface area contributed by atoms with E-state index < -0.39 is 0 Å². The van der Waals surface area contributed by atoms with Gasteiger partial charge in [-0.2, -0.15) is 0 Å². The van der Waals surface area contributed by atoms with E-state index in [0.29, 0.717) is 0 Å². The average molecular weight is 341 g/mol. The van der Waals surface area contributed by atoms with Crippen molar-refractivity contribution >= 4 is 47.0 Å². The van der Waals surface area contributed by atoms with E-state index in [-0.39, 0.29) is 18.6 Å². The molecular formula is CCoI2O. The SMILES string of the molecule is O=C(I)I.[Co]. The average Bonchev–Trinajstić information content (AvgIpc) is 0.811. The van der Waals surface area contributed by atoms with Gasteiger partial charge in [-0.25, -0.2) is 0 Å². The quantitative estimate of drug-likeness (QED) is 0.487. The second kappa shape index (κ2) is 5.64. The van der Waals surface area contributed by atoms with Crippen molar-refractivity contribution in [2.45, 2.75) is 0 Å². The molecule has 0 saturated carbocycles. The molecule has 0 aromatic carbocycles. The van der Waals surface area contributed by atoms with Crippen LogP contribution in [-0.4, -0.2) is 1.80 Å². The second-order valence-corrected chi connectivity index (χ2v) is 4.25. The Bertz CT molecular complexity index is 32.6. The molecule has 0 aliphatic carbocycles. The number of rotatable bonds is 0. The van der Waals surface area contributed by atoms with E-state index in [0.717, 1.165) is 0 Å². The molecule has 0 rings (SSSR count). The Morgan fingerprint density at radius 3 is 1.40 bits per heavy atom. The van der Waals surface area contributed by atoms with E-state index >= 15 is 0 Å². The first-order valence-corrected chi connectivity index (χ1v) is 2.74. The summed E-state index contributed by atoms with van der Waals surface area (Å²) in [5, 5.41) is 0. The Hall–Kier alpha value is 1.64. The molecule has 1 radical (unpaired) electrons. The van der Waals surface area contributed by atoms with Crippen molar-refractivity contribution < 1.29 is 21.6 Å². The molecule has 0 unspecified atom stereocenters. The maximum Gasteiger partial charge on any atom is 0.251 e. The smallest absolute Gasteiger partial charge is 0.251 e. The Morgan fingerprint density at radius 2 is 1.40 bits per heavy atom. The molecule has 0 fully saturated rings. The number of hydrogen-bond donors (Lipinski definition) is 0. The van der Waals surface area contributed by atoms with Gasteiger partial charge < -0.3 is 0 Å². The van der Waals surface area contributed by atoms with Crippen LogP contribution in [0.15, 0.2) is 0 Å². The van der Waals surface area contributed by atoms with Gasteiger partial charge in [0.05, 0.1) is 0 Å². The first-order valence-electron chi connectivity index (χ1n) is 0.582. The number of halogens is 2. The second-order valence-electron chi connectivity index (χ2n) is 0.226. The molecule has 0 aliphatic rings. The minimum absolute atomic E-state index is 0. The van der Waals surface area contributed by atoms with E-state index in [1.165, 1.54) is 0 Å². The Kier molecular flexibility index (Phi) is 11.1. The van der Waals surface area contributed by atoms with Gasteiger partial charge in [0.2, 0.25) is 0 Å². The molecule has 5 heavy (non-hydrogen) atoms. The van der Waals surface area contributed by atoms with Crippen LogP contribution in [0, 0.1) is 0 Å². The van der Waals surface area contributed by atoms with E-state index in [1.54, 1.807) is 45.2 Å².